The normalized spacial score (nSPS) is 11.0. The molecular formula is C22H26N2O3. The number of aryl methyl sites for hydroxylation is 3. The highest BCUT2D eigenvalue weighted by molar-refractivity contribution is 5.94. The van der Waals surface area contributed by atoms with E-state index in [1.807, 2.05) is 6.33 Å². The Morgan fingerprint density at radius 2 is 1.85 bits per heavy atom. The van der Waals surface area contributed by atoms with E-state index in [4.69, 9.17) is 9.47 Å². The van der Waals surface area contributed by atoms with Gasteiger partial charge in [0.15, 0.2) is 17.3 Å². The predicted molar refractivity (Wildman–Crippen MR) is 107 cm³/mol. The number of ether oxygens (including phenoxy) is 2. The Morgan fingerprint density at radius 1 is 1.07 bits per heavy atom. The Kier molecular flexibility index (Phi) is 5.79. The minimum atomic E-state index is 0.0119. The number of Topliss-reactive ketones (excluding diaryl/α,β-unsaturated/α-hetero) is 1. The average molecular weight is 366 g/mol. The molecule has 0 aliphatic rings. The van der Waals surface area contributed by atoms with Crippen LogP contribution in [0.25, 0.3) is 11.0 Å². The molecule has 1 aromatic heterocycles. The Morgan fingerprint density at radius 3 is 2.59 bits per heavy atom. The van der Waals surface area contributed by atoms with Gasteiger partial charge in [0.1, 0.15) is 0 Å². The van der Waals surface area contributed by atoms with Gasteiger partial charge in [-0.15, -0.1) is 0 Å². The number of unbranched alkanes of at least 4 members (excludes halogenated alkanes) is 1. The van der Waals surface area contributed by atoms with Crippen molar-refractivity contribution in [1.29, 1.82) is 0 Å². The van der Waals surface area contributed by atoms with Crippen LogP contribution in [0.15, 0.2) is 36.7 Å². The molecule has 0 saturated carbocycles. The van der Waals surface area contributed by atoms with E-state index in [9.17, 15) is 4.79 Å². The third-order valence-corrected chi connectivity index (χ3v) is 4.86. The summed E-state index contributed by atoms with van der Waals surface area (Å²) in [6, 6.07) is 9.63. The van der Waals surface area contributed by atoms with Crippen LogP contribution in [0.3, 0.4) is 0 Å². The van der Waals surface area contributed by atoms with E-state index < -0.39 is 0 Å². The van der Waals surface area contributed by atoms with E-state index in [1.165, 1.54) is 23.6 Å². The lowest BCUT2D eigenvalue weighted by atomic mass is 10.1. The van der Waals surface area contributed by atoms with Crippen LogP contribution in [0.1, 0.15) is 41.3 Å². The van der Waals surface area contributed by atoms with Crippen LogP contribution in [0.2, 0.25) is 0 Å². The second-order valence-electron chi connectivity index (χ2n) is 6.84. The fourth-order valence-corrected chi connectivity index (χ4v) is 3.06. The molecule has 0 atom stereocenters. The molecule has 0 N–H and O–H groups in total. The van der Waals surface area contributed by atoms with Gasteiger partial charge in [0.25, 0.3) is 0 Å². The van der Waals surface area contributed by atoms with Gasteiger partial charge in [-0.05, 0) is 75.1 Å². The van der Waals surface area contributed by atoms with Crippen molar-refractivity contribution >= 4 is 16.8 Å². The molecule has 0 bridgehead atoms. The molecule has 2 aromatic carbocycles. The number of methoxy groups -OCH3 is 1. The van der Waals surface area contributed by atoms with Gasteiger partial charge in [-0.2, -0.15) is 0 Å². The van der Waals surface area contributed by atoms with Crippen molar-refractivity contribution in [2.75, 3.05) is 13.7 Å². The topological polar surface area (TPSA) is 53.4 Å². The van der Waals surface area contributed by atoms with Gasteiger partial charge in [0.2, 0.25) is 0 Å². The number of rotatable bonds is 8. The lowest BCUT2D eigenvalue weighted by molar-refractivity contribution is 0.101. The number of fused-ring (bicyclic) bond motifs is 1. The molecule has 3 aromatic rings. The molecule has 0 amide bonds. The van der Waals surface area contributed by atoms with Crippen molar-refractivity contribution in [3.8, 4) is 11.5 Å². The van der Waals surface area contributed by atoms with E-state index >= 15 is 0 Å². The zero-order chi connectivity index (χ0) is 19.4. The van der Waals surface area contributed by atoms with Crippen LogP contribution in [-0.4, -0.2) is 29.1 Å². The summed E-state index contributed by atoms with van der Waals surface area (Å²) in [7, 11) is 1.58. The van der Waals surface area contributed by atoms with Crippen molar-refractivity contribution in [3.63, 3.8) is 0 Å². The summed E-state index contributed by atoms with van der Waals surface area (Å²) < 4.78 is 13.4. The maximum absolute atomic E-state index is 11.5. The summed E-state index contributed by atoms with van der Waals surface area (Å²) in [6.07, 6.45) is 3.82. The van der Waals surface area contributed by atoms with Crippen LogP contribution in [-0.2, 0) is 6.54 Å². The molecule has 0 aliphatic carbocycles. The number of aromatic nitrogens is 2. The molecule has 142 valence electrons. The molecule has 0 fully saturated rings. The van der Waals surface area contributed by atoms with Crippen LogP contribution in [0.4, 0.5) is 0 Å². The largest absolute Gasteiger partial charge is 0.493 e. The number of benzene rings is 2. The standard InChI is InChI=1S/C22H26N2O3/c1-15-11-19-20(12-16(15)2)24(14-23-19)9-5-6-10-27-21-8-7-18(17(3)25)13-22(21)26-4/h7-8,11-14H,5-6,9-10H2,1-4H3. The smallest absolute Gasteiger partial charge is 0.161 e. The summed E-state index contributed by atoms with van der Waals surface area (Å²) in [5.74, 6) is 1.27. The molecule has 5 nitrogen and oxygen atoms in total. The molecule has 0 unspecified atom stereocenters. The van der Waals surface area contributed by atoms with Crippen molar-refractivity contribution in [2.45, 2.75) is 40.2 Å². The highest BCUT2D eigenvalue weighted by Crippen LogP contribution is 2.28. The molecule has 27 heavy (non-hydrogen) atoms. The van der Waals surface area contributed by atoms with E-state index in [0.717, 1.165) is 24.9 Å². The second kappa shape index (κ2) is 8.25. The highest BCUT2D eigenvalue weighted by Gasteiger charge is 2.09. The van der Waals surface area contributed by atoms with Gasteiger partial charge in [-0.1, -0.05) is 0 Å². The zero-order valence-electron chi connectivity index (χ0n) is 16.4. The lowest BCUT2D eigenvalue weighted by Gasteiger charge is -2.12. The maximum Gasteiger partial charge on any atom is 0.161 e. The van der Waals surface area contributed by atoms with Crippen molar-refractivity contribution in [3.05, 3.63) is 53.3 Å². The van der Waals surface area contributed by atoms with Gasteiger partial charge in [0, 0.05) is 12.1 Å². The van der Waals surface area contributed by atoms with Crippen LogP contribution >= 0.6 is 0 Å². The molecule has 3 rings (SSSR count). The van der Waals surface area contributed by atoms with Crippen molar-refractivity contribution in [2.24, 2.45) is 0 Å². The predicted octanol–water partition coefficient (Wildman–Crippen LogP) is 4.72. The van der Waals surface area contributed by atoms with Gasteiger partial charge < -0.3 is 14.0 Å². The number of ketones is 1. The molecule has 0 radical (unpaired) electrons. The first-order chi connectivity index (χ1) is 13.0. The zero-order valence-corrected chi connectivity index (χ0v) is 16.4. The third-order valence-electron chi connectivity index (χ3n) is 4.86. The Balaban J connectivity index is 1.54. The lowest BCUT2D eigenvalue weighted by Crippen LogP contribution is -2.03. The Bertz CT molecular complexity index is 960. The molecule has 0 spiro atoms. The number of hydrogen-bond acceptors (Lipinski definition) is 4. The SMILES string of the molecule is COc1cc(C(C)=O)ccc1OCCCCn1cnc2cc(C)c(C)cc21. The van der Waals surface area contributed by atoms with Crippen LogP contribution in [0.5, 0.6) is 11.5 Å². The quantitative estimate of drug-likeness (QED) is 0.427. The number of carbonyl (C=O) groups excluding carboxylic acids is 1. The molecule has 0 aliphatic heterocycles. The maximum atomic E-state index is 11.5. The van der Waals surface area contributed by atoms with E-state index in [2.05, 4.69) is 35.5 Å². The summed E-state index contributed by atoms with van der Waals surface area (Å²) in [6.45, 7) is 7.29. The summed E-state index contributed by atoms with van der Waals surface area (Å²) in [5, 5.41) is 0. The number of hydrogen-bond donors (Lipinski definition) is 0. The van der Waals surface area contributed by atoms with Gasteiger partial charge in [0.05, 0.1) is 31.1 Å². The monoisotopic (exact) mass is 366 g/mol. The first kappa shape index (κ1) is 19.0. The highest BCUT2D eigenvalue weighted by atomic mass is 16.5. The second-order valence-corrected chi connectivity index (χ2v) is 6.84. The van der Waals surface area contributed by atoms with Crippen LogP contribution < -0.4 is 9.47 Å². The Labute approximate surface area is 159 Å². The first-order valence-electron chi connectivity index (χ1n) is 9.23. The fraction of sp³-hybridized carbons (Fsp3) is 0.364. The minimum absolute atomic E-state index is 0.0119. The number of nitrogens with zero attached hydrogens (tertiary/aromatic N) is 2. The third kappa shape index (κ3) is 4.30. The summed E-state index contributed by atoms with van der Waals surface area (Å²) in [5.41, 5.74) is 5.40. The summed E-state index contributed by atoms with van der Waals surface area (Å²) in [4.78, 5) is 16.0. The van der Waals surface area contributed by atoms with E-state index in [0.29, 0.717) is 23.7 Å². The van der Waals surface area contributed by atoms with E-state index in [-0.39, 0.29) is 5.78 Å². The first-order valence-corrected chi connectivity index (χ1v) is 9.23. The van der Waals surface area contributed by atoms with Crippen LogP contribution in [0, 0.1) is 13.8 Å². The van der Waals surface area contributed by atoms with E-state index in [1.54, 1.807) is 25.3 Å². The van der Waals surface area contributed by atoms with Gasteiger partial charge in [-0.3, -0.25) is 4.79 Å². The van der Waals surface area contributed by atoms with Gasteiger partial charge >= 0.3 is 0 Å². The number of carbonyl (C=O) groups is 1. The summed E-state index contributed by atoms with van der Waals surface area (Å²) >= 11 is 0. The average Bonchev–Trinajstić information content (AvgIpc) is 3.03. The van der Waals surface area contributed by atoms with Crippen molar-refractivity contribution < 1.29 is 14.3 Å². The molecule has 0 saturated heterocycles. The van der Waals surface area contributed by atoms with Crippen molar-refractivity contribution in [1.82, 2.24) is 9.55 Å². The Hall–Kier alpha value is -2.82. The van der Waals surface area contributed by atoms with Gasteiger partial charge in [-0.25, -0.2) is 4.98 Å². The molecule has 1 heterocycles. The minimum Gasteiger partial charge on any atom is -0.493 e. The molecule has 5 heteroatoms. The fourth-order valence-electron chi connectivity index (χ4n) is 3.06. The molecular weight excluding hydrogens is 340 g/mol. The number of imidazole rings is 1.